The number of piperazine rings is 1. The van der Waals surface area contributed by atoms with E-state index in [1.165, 1.54) is 0 Å². The topological polar surface area (TPSA) is 49.6 Å². The molecule has 0 bridgehead atoms. The maximum atomic E-state index is 12.3. The number of aryl methyl sites for hydroxylation is 1. The van der Waals surface area contributed by atoms with Gasteiger partial charge in [0.25, 0.3) is 5.91 Å². The highest BCUT2D eigenvalue weighted by atomic mass is 35.5. The summed E-state index contributed by atoms with van der Waals surface area (Å²) in [4.78, 5) is 16.3. The summed E-state index contributed by atoms with van der Waals surface area (Å²) in [5.74, 6) is 6.51. The molecule has 24 heavy (non-hydrogen) atoms. The van der Waals surface area contributed by atoms with Gasteiger partial charge in [-0.1, -0.05) is 28.6 Å². The lowest BCUT2D eigenvalue weighted by molar-refractivity contribution is 0.0611. The molecule has 1 aromatic carbocycles. The van der Waals surface area contributed by atoms with Gasteiger partial charge in [-0.15, -0.1) is 0 Å². The molecule has 124 valence electrons. The number of amides is 1. The van der Waals surface area contributed by atoms with Gasteiger partial charge in [-0.25, -0.2) is 0 Å². The molecule has 1 aliphatic rings. The van der Waals surface area contributed by atoms with Crippen molar-refractivity contribution >= 4 is 17.5 Å². The number of aromatic nitrogens is 1. The third-order valence-electron chi connectivity index (χ3n) is 3.88. The molecule has 5 nitrogen and oxygen atoms in total. The number of nitrogens with zero attached hydrogens (tertiary/aromatic N) is 3. The van der Waals surface area contributed by atoms with Crippen LogP contribution in [0, 0.1) is 18.8 Å². The lowest BCUT2D eigenvalue weighted by Gasteiger charge is -2.33. The van der Waals surface area contributed by atoms with Crippen molar-refractivity contribution in [1.82, 2.24) is 15.0 Å². The van der Waals surface area contributed by atoms with Gasteiger partial charge in [0.15, 0.2) is 0 Å². The van der Waals surface area contributed by atoms with Crippen LogP contribution in [0.25, 0.3) is 0 Å². The third-order valence-corrected chi connectivity index (χ3v) is 4.13. The van der Waals surface area contributed by atoms with E-state index in [2.05, 4.69) is 21.9 Å². The van der Waals surface area contributed by atoms with Crippen molar-refractivity contribution in [3.8, 4) is 11.8 Å². The molecule has 1 aromatic heterocycles. The molecule has 0 aliphatic carbocycles. The van der Waals surface area contributed by atoms with Crippen molar-refractivity contribution in [2.45, 2.75) is 6.92 Å². The standard InChI is InChI=1S/C18H18ClN3O2/c1-14-13-17(24-20-14)18(23)22-11-9-21(10-12-22)8-2-3-15-4-6-16(19)7-5-15/h4-7,13H,8-12H2,1H3. The van der Waals surface area contributed by atoms with Gasteiger partial charge in [0, 0.05) is 42.8 Å². The summed E-state index contributed by atoms with van der Waals surface area (Å²) in [7, 11) is 0. The Balaban J connectivity index is 1.49. The Hall–Kier alpha value is -2.29. The molecule has 1 fully saturated rings. The van der Waals surface area contributed by atoms with Gasteiger partial charge in [0.2, 0.25) is 5.76 Å². The molecular formula is C18H18ClN3O2. The predicted octanol–water partition coefficient (Wildman–Crippen LogP) is 2.45. The zero-order valence-electron chi connectivity index (χ0n) is 13.5. The van der Waals surface area contributed by atoms with Crippen molar-refractivity contribution in [2.24, 2.45) is 0 Å². The number of hydrogen-bond acceptors (Lipinski definition) is 4. The summed E-state index contributed by atoms with van der Waals surface area (Å²) < 4.78 is 5.04. The minimum atomic E-state index is -0.0949. The monoisotopic (exact) mass is 343 g/mol. The van der Waals surface area contributed by atoms with Crippen LogP contribution in [0.5, 0.6) is 0 Å². The fourth-order valence-electron chi connectivity index (χ4n) is 2.52. The van der Waals surface area contributed by atoms with Gasteiger partial charge in [-0.3, -0.25) is 9.69 Å². The second kappa shape index (κ2) is 7.52. The van der Waals surface area contributed by atoms with Gasteiger partial charge in [0.05, 0.1) is 12.2 Å². The maximum absolute atomic E-state index is 12.3. The number of carbonyl (C=O) groups excluding carboxylic acids is 1. The molecule has 0 saturated carbocycles. The number of halogens is 1. The Labute approximate surface area is 146 Å². The summed E-state index contributed by atoms with van der Waals surface area (Å²) in [5, 5.41) is 4.47. The van der Waals surface area contributed by atoms with Crippen LogP contribution in [0.3, 0.4) is 0 Å². The lowest BCUT2D eigenvalue weighted by atomic mass is 10.2. The molecule has 0 N–H and O–H groups in total. The van der Waals surface area contributed by atoms with E-state index in [9.17, 15) is 4.79 Å². The predicted molar refractivity (Wildman–Crippen MR) is 91.9 cm³/mol. The Kier molecular flexibility index (Phi) is 5.19. The highest BCUT2D eigenvalue weighted by molar-refractivity contribution is 6.30. The SMILES string of the molecule is Cc1cc(C(=O)N2CCN(CC#Cc3ccc(Cl)cc3)CC2)on1. The molecule has 6 heteroatoms. The average molecular weight is 344 g/mol. The Morgan fingerprint density at radius 3 is 2.58 bits per heavy atom. The second-order valence-electron chi connectivity index (χ2n) is 5.71. The van der Waals surface area contributed by atoms with E-state index in [4.69, 9.17) is 16.1 Å². The van der Waals surface area contributed by atoms with E-state index in [0.29, 0.717) is 30.4 Å². The van der Waals surface area contributed by atoms with E-state index >= 15 is 0 Å². The van der Waals surface area contributed by atoms with Crippen LogP contribution in [0.1, 0.15) is 21.8 Å². The summed E-state index contributed by atoms with van der Waals surface area (Å²) >= 11 is 5.85. The van der Waals surface area contributed by atoms with Crippen molar-refractivity contribution in [3.63, 3.8) is 0 Å². The van der Waals surface area contributed by atoms with Crippen LogP contribution in [-0.4, -0.2) is 53.6 Å². The molecule has 3 rings (SSSR count). The quantitative estimate of drug-likeness (QED) is 0.786. The minimum Gasteiger partial charge on any atom is -0.351 e. The number of benzene rings is 1. The van der Waals surface area contributed by atoms with Gasteiger partial charge in [-0.2, -0.15) is 0 Å². The Morgan fingerprint density at radius 2 is 1.96 bits per heavy atom. The summed E-state index contributed by atoms with van der Waals surface area (Å²) in [6, 6.07) is 9.16. The van der Waals surface area contributed by atoms with Crippen molar-refractivity contribution < 1.29 is 9.32 Å². The number of carbonyl (C=O) groups is 1. The zero-order chi connectivity index (χ0) is 16.9. The molecule has 0 spiro atoms. The molecule has 1 aliphatic heterocycles. The zero-order valence-corrected chi connectivity index (χ0v) is 14.2. The average Bonchev–Trinajstić information content (AvgIpc) is 3.03. The maximum Gasteiger partial charge on any atom is 0.292 e. The second-order valence-corrected chi connectivity index (χ2v) is 6.15. The van der Waals surface area contributed by atoms with Crippen LogP contribution in [0.15, 0.2) is 34.9 Å². The number of rotatable bonds is 2. The minimum absolute atomic E-state index is 0.0949. The first-order valence-electron chi connectivity index (χ1n) is 7.81. The molecule has 0 radical (unpaired) electrons. The van der Waals surface area contributed by atoms with Crippen LogP contribution in [0.2, 0.25) is 5.02 Å². The van der Waals surface area contributed by atoms with E-state index in [0.717, 1.165) is 24.3 Å². The third kappa shape index (κ3) is 4.16. The smallest absolute Gasteiger partial charge is 0.292 e. The van der Waals surface area contributed by atoms with Crippen molar-refractivity contribution in [2.75, 3.05) is 32.7 Å². The first kappa shape index (κ1) is 16.6. The van der Waals surface area contributed by atoms with Crippen LogP contribution >= 0.6 is 11.6 Å². The summed E-state index contributed by atoms with van der Waals surface area (Å²) in [6.07, 6.45) is 0. The van der Waals surface area contributed by atoms with Crippen LogP contribution < -0.4 is 0 Å². The van der Waals surface area contributed by atoms with Crippen molar-refractivity contribution in [3.05, 3.63) is 52.4 Å². The fourth-order valence-corrected chi connectivity index (χ4v) is 2.64. The van der Waals surface area contributed by atoms with Gasteiger partial charge >= 0.3 is 0 Å². The molecule has 1 amide bonds. The first-order chi connectivity index (χ1) is 11.6. The van der Waals surface area contributed by atoms with Crippen molar-refractivity contribution in [1.29, 1.82) is 0 Å². The van der Waals surface area contributed by atoms with Gasteiger partial charge in [-0.05, 0) is 31.2 Å². The highest BCUT2D eigenvalue weighted by Crippen LogP contribution is 2.10. The lowest BCUT2D eigenvalue weighted by Crippen LogP contribution is -2.48. The van der Waals surface area contributed by atoms with E-state index < -0.39 is 0 Å². The first-order valence-corrected chi connectivity index (χ1v) is 8.19. The molecule has 1 saturated heterocycles. The normalized spacial score (nSPS) is 15.0. The fraction of sp³-hybridized carbons (Fsp3) is 0.333. The molecule has 0 unspecified atom stereocenters. The largest absolute Gasteiger partial charge is 0.351 e. The number of hydrogen-bond donors (Lipinski definition) is 0. The molecule has 0 atom stereocenters. The van der Waals surface area contributed by atoms with Gasteiger partial charge < -0.3 is 9.42 Å². The van der Waals surface area contributed by atoms with E-state index in [1.807, 2.05) is 24.3 Å². The summed E-state index contributed by atoms with van der Waals surface area (Å²) in [6.45, 7) is 5.42. The molecular weight excluding hydrogens is 326 g/mol. The summed E-state index contributed by atoms with van der Waals surface area (Å²) in [5.41, 5.74) is 1.67. The Morgan fingerprint density at radius 1 is 1.25 bits per heavy atom. The van der Waals surface area contributed by atoms with Crippen LogP contribution in [0.4, 0.5) is 0 Å². The Bertz CT molecular complexity index is 766. The van der Waals surface area contributed by atoms with E-state index in [-0.39, 0.29) is 5.91 Å². The highest BCUT2D eigenvalue weighted by Gasteiger charge is 2.24. The van der Waals surface area contributed by atoms with E-state index in [1.54, 1.807) is 17.9 Å². The van der Waals surface area contributed by atoms with Crippen LogP contribution in [-0.2, 0) is 0 Å². The molecule has 2 aromatic rings. The molecule has 2 heterocycles. The van der Waals surface area contributed by atoms with Gasteiger partial charge in [0.1, 0.15) is 0 Å².